The molecule has 0 radical (unpaired) electrons. The normalized spacial score (nSPS) is 11.9. The van der Waals surface area contributed by atoms with Crippen molar-refractivity contribution in [2.24, 2.45) is 0 Å². The fourth-order valence-corrected chi connectivity index (χ4v) is 2.20. The maximum absolute atomic E-state index is 12.2. The van der Waals surface area contributed by atoms with Crippen LogP contribution in [-0.2, 0) is 0 Å². The van der Waals surface area contributed by atoms with Crippen LogP contribution in [0.4, 0.5) is 0 Å². The van der Waals surface area contributed by atoms with Crippen molar-refractivity contribution in [3.8, 4) is 11.4 Å². The number of aromatic amines is 1. The first kappa shape index (κ1) is 15.1. The van der Waals surface area contributed by atoms with E-state index in [0.29, 0.717) is 17.2 Å². The third-order valence-corrected chi connectivity index (χ3v) is 3.49. The molecule has 0 aliphatic rings. The highest BCUT2D eigenvalue weighted by atomic mass is 35.5. The molecule has 23 heavy (non-hydrogen) atoms. The molecule has 0 aromatic carbocycles. The third-order valence-electron chi connectivity index (χ3n) is 3.18. The highest BCUT2D eigenvalue weighted by molar-refractivity contribution is 6.32. The van der Waals surface area contributed by atoms with E-state index in [0.717, 1.165) is 5.56 Å². The number of hydrogen-bond donors (Lipinski definition) is 2. The van der Waals surface area contributed by atoms with E-state index in [-0.39, 0.29) is 17.1 Å². The van der Waals surface area contributed by atoms with Crippen molar-refractivity contribution in [3.05, 3.63) is 59.4 Å². The lowest BCUT2D eigenvalue weighted by molar-refractivity contribution is 0.0938. The molecule has 0 bridgehead atoms. The summed E-state index contributed by atoms with van der Waals surface area (Å²) in [5, 5.41) is 9.93. The van der Waals surface area contributed by atoms with Crippen molar-refractivity contribution >= 4 is 17.5 Å². The maximum atomic E-state index is 12.2. The number of nitrogens with one attached hydrogen (secondary N) is 2. The monoisotopic (exact) mass is 328 g/mol. The first-order valence-electron chi connectivity index (χ1n) is 6.89. The van der Waals surface area contributed by atoms with Gasteiger partial charge in [0.25, 0.3) is 5.91 Å². The van der Waals surface area contributed by atoms with Gasteiger partial charge in [0.2, 0.25) is 0 Å². The van der Waals surface area contributed by atoms with Gasteiger partial charge in [0.1, 0.15) is 11.0 Å². The van der Waals surface area contributed by atoms with Crippen molar-refractivity contribution < 1.29 is 4.79 Å². The summed E-state index contributed by atoms with van der Waals surface area (Å²) < 4.78 is 0. The van der Waals surface area contributed by atoms with Crippen molar-refractivity contribution in [1.82, 2.24) is 30.5 Å². The molecule has 0 aliphatic heterocycles. The molecule has 116 valence electrons. The van der Waals surface area contributed by atoms with E-state index in [9.17, 15) is 4.79 Å². The van der Waals surface area contributed by atoms with E-state index in [1.807, 2.05) is 6.07 Å². The number of carbonyl (C=O) groups is 1. The Hall–Kier alpha value is -2.80. The summed E-state index contributed by atoms with van der Waals surface area (Å²) in [5.41, 5.74) is 1.11. The van der Waals surface area contributed by atoms with E-state index in [1.165, 1.54) is 6.20 Å². The van der Waals surface area contributed by atoms with Gasteiger partial charge in [-0.05, 0) is 31.2 Å². The van der Waals surface area contributed by atoms with Crippen molar-refractivity contribution in [2.75, 3.05) is 0 Å². The summed E-state index contributed by atoms with van der Waals surface area (Å²) in [6, 6.07) is 6.57. The number of nitrogens with zero attached hydrogens (tertiary/aromatic N) is 4. The lowest BCUT2D eigenvalue weighted by atomic mass is 10.2. The van der Waals surface area contributed by atoms with Gasteiger partial charge in [-0.1, -0.05) is 11.6 Å². The second-order valence-corrected chi connectivity index (χ2v) is 5.18. The standard InChI is InChI=1S/C15H13ClN6O/c1-9(19-15(23)11-5-3-7-18-12(11)16)13-20-14(22-21-13)10-4-2-6-17-8-10/h2-9H,1H3,(H,19,23)(H,20,21,22)/t9-/m1/s1. The van der Waals surface area contributed by atoms with Crippen LogP contribution < -0.4 is 5.32 Å². The van der Waals surface area contributed by atoms with Crippen LogP contribution in [0.2, 0.25) is 5.15 Å². The number of carbonyl (C=O) groups excluding carboxylic acids is 1. The van der Waals surface area contributed by atoms with Crippen LogP contribution in [0.3, 0.4) is 0 Å². The molecule has 0 fully saturated rings. The molecule has 0 unspecified atom stereocenters. The Morgan fingerprint density at radius 2 is 2.13 bits per heavy atom. The van der Waals surface area contributed by atoms with Gasteiger partial charge in [0.05, 0.1) is 11.6 Å². The SMILES string of the molecule is C[C@@H](NC(=O)c1cccnc1Cl)c1nc(-c2cccnc2)n[nH]1. The molecule has 1 amide bonds. The Kier molecular flexibility index (Phi) is 4.29. The molecule has 1 atom stereocenters. The lowest BCUT2D eigenvalue weighted by Gasteiger charge is -2.11. The number of hydrogen-bond acceptors (Lipinski definition) is 5. The Bertz CT molecular complexity index is 820. The van der Waals surface area contributed by atoms with Crippen LogP contribution >= 0.6 is 11.6 Å². The summed E-state index contributed by atoms with van der Waals surface area (Å²) in [7, 11) is 0. The lowest BCUT2D eigenvalue weighted by Crippen LogP contribution is -2.27. The number of pyridine rings is 2. The van der Waals surface area contributed by atoms with Gasteiger partial charge in [0, 0.05) is 24.2 Å². The van der Waals surface area contributed by atoms with Crippen molar-refractivity contribution in [3.63, 3.8) is 0 Å². The Labute approximate surface area is 137 Å². The molecule has 2 N–H and O–H groups in total. The molecule has 0 aliphatic carbocycles. The average Bonchev–Trinajstić information content (AvgIpc) is 3.06. The minimum absolute atomic E-state index is 0.158. The average molecular weight is 329 g/mol. The smallest absolute Gasteiger partial charge is 0.254 e. The second-order valence-electron chi connectivity index (χ2n) is 4.82. The van der Waals surface area contributed by atoms with E-state index in [2.05, 4.69) is 30.5 Å². The second kappa shape index (κ2) is 6.53. The zero-order chi connectivity index (χ0) is 16.2. The van der Waals surface area contributed by atoms with Crippen LogP contribution in [0.25, 0.3) is 11.4 Å². The number of rotatable bonds is 4. The number of halogens is 1. The molecular formula is C15H13ClN6O. The van der Waals surface area contributed by atoms with Crippen LogP contribution in [0.15, 0.2) is 42.9 Å². The third kappa shape index (κ3) is 3.35. The van der Waals surface area contributed by atoms with E-state index in [4.69, 9.17) is 11.6 Å². The van der Waals surface area contributed by atoms with E-state index in [1.54, 1.807) is 37.5 Å². The summed E-state index contributed by atoms with van der Waals surface area (Å²) in [5.74, 6) is 0.737. The zero-order valence-corrected chi connectivity index (χ0v) is 12.9. The highest BCUT2D eigenvalue weighted by Gasteiger charge is 2.17. The summed E-state index contributed by atoms with van der Waals surface area (Å²) in [6.45, 7) is 1.80. The Balaban J connectivity index is 1.74. The van der Waals surface area contributed by atoms with Gasteiger partial charge >= 0.3 is 0 Å². The summed E-state index contributed by atoms with van der Waals surface area (Å²) in [6.07, 6.45) is 4.88. The molecule has 7 nitrogen and oxygen atoms in total. The van der Waals surface area contributed by atoms with Crippen molar-refractivity contribution in [2.45, 2.75) is 13.0 Å². The van der Waals surface area contributed by atoms with Gasteiger partial charge in [-0.15, -0.1) is 0 Å². The highest BCUT2D eigenvalue weighted by Crippen LogP contribution is 2.17. The minimum atomic E-state index is -0.364. The first-order valence-corrected chi connectivity index (χ1v) is 7.27. The maximum Gasteiger partial charge on any atom is 0.254 e. The molecule has 0 saturated heterocycles. The summed E-state index contributed by atoms with van der Waals surface area (Å²) >= 11 is 5.92. The predicted octanol–water partition coefficient (Wildman–Crippen LogP) is 2.41. The van der Waals surface area contributed by atoms with Crippen LogP contribution in [0.5, 0.6) is 0 Å². The fourth-order valence-electron chi connectivity index (χ4n) is 1.99. The van der Waals surface area contributed by atoms with E-state index >= 15 is 0 Å². The number of aromatic nitrogens is 5. The largest absolute Gasteiger partial charge is 0.342 e. The van der Waals surface area contributed by atoms with Gasteiger partial charge in [-0.25, -0.2) is 9.97 Å². The van der Waals surface area contributed by atoms with Gasteiger partial charge in [-0.3, -0.25) is 14.9 Å². The first-order chi connectivity index (χ1) is 11.1. The molecule has 3 rings (SSSR count). The Morgan fingerprint density at radius 3 is 2.87 bits per heavy atom. The minimum Gasteiger partial charge on any atom is -0.342 e. The van der Waals surface area contributed by atoms with E-state index < -0.39 is 0 Å². The molecule has 0 spiro atoms. The van der Waals surface area contributed by atoms with Crippen molar-refractivity contribution in [1.29, 1.82) is 0 Å². The van der Waals surface area contributed by atoms with Crippen LogP contribution in [0.1, 0.15) is 29.1 Å². The zero-order valence-electron chi connectivity index (χ0n) is 12.2. The summed E-state index contributed by atoms with van der Waals surface area (Å²) in [4.78, 5) is 24.5. The molecule has 3 heterocycles. The van der Waals surface area contributed by atoms with Gasteiger partial charge < -0.3 is 5.32 Å². The quantitative estimate of drug-likeness (QED) is 0.717. The molecular weight excluding hydrogens is 316 g/mol. The van der Waals surface area contributed by atoms with Crippen LogP contribution in [0, 0.1) is 0 Å². The molecule has 0 saturated carbocycles. The predicted molar refractivity (Wildman–Crippen MR) is 84.7 cm³/mol. The van der Waals surface area contributed by atoms with Gasteiger partial charge in [-0.2, -0.15) is 5.10 Å². The van der Waals surface area contributed by atoms with Gasteiger partial charge in [0.15, 0.2) is 5.82 Å². The molecule has 8 heteroatoms. The molecule has 3 aromatic rings. The number of H-pyrrole nitrogens is 1. The molecule has 3 aromatic heterocycles. The fraction of sp³-hybridized carbons (Fsp3) is 0.133. The Morgan fingerprint density at radius 1 is 1.30 bits per heavy atom. The number of amides is 1. The topological polar surface area (TPSA) is 96.5 Å². The van der Waals surface area contributed by atoms with Crippen LogP contribution in [-0.4, -0.2) is 31.1 Å².